The number of nitrogens with zero attached hydrogens (tertiary/aromatic N) is 3. The van der Waals surface area contributed by atoms with E-state index in [0.29, 0.717) is 25.0 Å². The Hall–Kier alpha value is -1.40. The van der Waals surface area contributed by atoms with E-state index < -0.39 is 0 Å². The number of likely N-dealkylation sites (N-methyl/N-ethyl adjacent to an activating group) is 1. The van der Waals surface area contributed by atoms with Crippen LogP contribution in [0.3, 0.4) is 0 Å². The Balaban J connectivity index is 1.88. The molecule has 1 atom stereocenters. The number of aryl methyl sites for hydroxylation is 1. The van der Waals surface area contributed by atoms with Gasteiger partial charge >= 0.3 is 0 Å². The van der Waals surface area contributed by atoms with Crippen molar-refractivity contribution in [2.24, 2.45) is 0 Å². The molecule has 0 aliphatic carbocycles. The monoisotopic (exact) mass is 294 g/mol. The highest BCUT2D eigenvalue weighted by Crippen LogP contribution is 2.13. The minimum absolute atomic E-state index is 0.183. The van der Waals surface area contributed by atoms with Crippen LogP contribution in [0.2, 0.25) is 0 Å². The fourth-order valence-electron chi connectivity index (χ4n) is 2.30. The topological polar surface area (TPSA) is 59.5 Å². The van der Waals surface area contributed by atoms with Crippen molar-refractivity contribution in [3.63, 3.8) is 0 Å². The Morgan fingerprint density at radius 1 is 1.43 bits per heavy atom. The lowest BCUT2D eigenvalue weighted by atomic mass is 10.2. The molecule has 1 fully saturated rings. The van der Waals surface area contributed by atoms with E-state index in [9.17, 15) is 0 Å². The van der Waals surface area contributed by atoms with Crippen LogP contribution in [-0.4, -0.2) is 60.4 Å². The van der Waals surface area contributed by atoms with Gasteiger partial charge < -0.3 is 14.8 Å². The molecule has 1 unspecified atom stereocenters. The van der Waals surface area contributed by atoms with Crippen molar-refractivity contribution < 1.29 is 9.47 Å². The van der Waals surface area contributed by atoms with Gasteiger partial charge in [0.25, 0.3) is 0 Å². The van der Waals surface area contributed by atoms with Crippen LogP contribution in [0.25, 0.3) is 0 Å². The molecule has 0 radical (unpaired) electrons. The van der Waals surface area contributed by atoms with Crippen molar-refractivity contribution in [3.8, 4) is 5.88 Å². The SMILES string of the molecule is CCCOc1cc(C)nc(NCC2CN(CC)CCO2)n1. The second-order valence-corrected chi connectivity index (χ2v) is 5.29. The normalized spacial score (nSPS) is 19.5. The lowest BCUT2D eigenvalue weighted by Crippen LogP contribution is -2.45. The van der Waals surface area contributed by atoms with Crippen LogP contribution in [0, 0.1) is 6.92 Å². The predicted molar refractivity (Wildman–Crippen MR) is 82.9 cm³/mol. The summed E-state index contributed by atoms with van der Waals surface area (Å²) < 4.78 is 11.3. The summed E-state index contributed by atoms with van der Waals surface area (Å²) in [4.78, 5) is 11.2. The molecule has 2 rings (SSSR count). The summed E-state index contributed by atoms with van der Waals surface area (Å²) in [6, 6.07) is 1.86. The van der Waals surface area contributed by atoms with Crippen LogP contribution in [-0.2, 0) is 4.74 Å². The Bertz CT molecular complexity index is 442. The third-order valence-electron chi connectivity index (χ3n) is 3.44. The Labute approximate surface area is 126 Å². The molecular formula is C15H26N4O2. The molecule has 1 saturated heterocycles. The molecule has 118 valence electrons. The first-order valence-corrected chi connectivity index (χ1v) is 7.77. The molecule has 0 aromatic carbocycles. The molecule has 0 bridgehead atoms. The first-order chi connectivity index (χ1) is 10.2. The molecule has 1 N–H and O–H groups in total. The minimum atomic E-state index is 0.183. The molecule has 2 heterocycles. The molecule has 1 aromatic heterocycles. The third kappa shape index (κ3) is 5.13. The predicted octanol–water partition coefficient (Wildman–Crippen LogP) is 1.71. The summed E-state index contributed by atoms with van der Waals surface area (Å²) in [5.41, 5.74) is 0.901. The maximum absolute atomic E-state index is 5.77. The van der Waals surface area contributed by atoms with E-state index in [1.165, 1.54) is 0 Å². The maximum Gasteiger partial charge on any atom is 0.226 e. The summed E-state index contributed by atoms with van der Waals surface area (Å²) >= 11 is 0. The average molecular weight is 294 g/mol. The molecule has 0 saturated carbocycles. The molecule has 6 heteroatoms. The van der Waals surface area contributed by atoms with Crippen molar-refractivity contribution in [2.45, 2.75) is 33.3 Å². The number of anilines is 1. The molecule has 6 nitrogen and oxygen atoms in total. The zero-order chi connectivity index (χ0) is 15.1. The largest absolute Gasteiger partial charge is 0.478 e. The number of morpholine rings is 1. The highest BCUT2D eigenvalue weighted by molar-refractivity contribution is 5.30. The number of hydrogen-bond donors (Lipinski definition) is 1. The number of nitrogens with one attached hydrogen (secondary N) is 1. The van der Waals surface area contributed by atoms with Gasteiger partial charge in [0.2, 0.25) is 11.8 Å². The van der Waals surface area contributed by atoms with E-state index in [-0.39, 0.29) is 6.10 Å². The molecule has 0 spiro atoms. The van der Waals surface area contributed by atoms with Gasteiger partial charge in [-0.1, -0.05) is 13.8 Å². The molecule has 1 aliphatic heterocycles. The average Bonchev–Trinajstić information content (AvgIpc) is 2.50. The van der Waals surface area contributed by atoms with E-state index in [0.717, 1.165) is 38.4 Å². The summed E-state index contributed by atoms with van der Waals surface area (Å²) in [6.07, 6.45) is 1.15. The van der Waals surface area contributed by atoms with Gasteiger partial charge in [-0.25, -0.2) is 4.98 Å². The van der Waals surface area contributed by atoms with Crippen LogP contribution in [0.15, 0.2) is 6.07 Å². The van der Waals surface area contributed by atoms with Crippen LogP contribution < -0.4 is 10.1 Å². The Morgan fingerprint density at radius 2 is 2.29 bits per heavy atom. The summed E-state index contributed by atoms with van der Waals surface area (Å²) in [7, 11) is 0. The van der Waals surface area contributed by atoms with Crippen LogP contribution in [0.1, 0.15) is 26.0 Å². The number of aromatic nitrogens is 2. The van der Waals surface area contributed by atoms with Crippen LogP contribution in [0.4, 0.5) is 5.95 Å². The van der Waals surface area contributed by atoms with E-state index in [4.69, 9.17) is 9.47 Å². The van der Waals surface area contributed by atoms with Gasteiger partial charge in [0, 0.05) is 31.4 Å². The lowest BCUT2D eigenvalue weighted by Gasteiger charge is -2.32. The molecule has 21 heavy (non-hydrogen) atoms. The van der Waals surface area contributed by atoms with Crippen molar-refractivity contribution in [1.82, 2.24) is 14.9 Å². The van der Waals surface area contributed by atoms with E-state index in [1.54, 1.807) is 0 Å². The van der Waals surface area contributed by atoms with E-state index in [1.807, 2.05) is 13.0 Å². The van der Waals surface area contributed by atoms with Crippen molar-refractivity contribution in [2.75, 3.05) is 44.7 Å². The van der Waals surface area contributed by atoms with Gasteiger partial charge in [-0.2, -0.15) is 4.98 Å². The van der Waals surface area contributed by atoms with Crippen molar-refractivity contribution >= 4 is 5.95 Å². The second-order valence-electron chi connectivity index (χ2n) is 5.29. The summed E-state index contributed by atoms with van der Waals surface area (Å²) in [5, 5.41) is 3.26. The minimum Gasteiger partial charge on any atom is -0.478 e. The highest BCUT2D eigenvalue weighted by Gasteiger charge is 2.19. The number of ether oxygens (including phenoxy) is 2. The molecule has 0 amide bonds. The van der Waals surface area contributed by atoms with Gasteiger partial charge in [0.1, 0.15) is 0 Å². The van der Waals surface area contributed by atoms with Gasteiger partial charge in [-0.05, 0) is 19.9 Å². The maximum atomic E-state index is 5.77. The van der Waals surface area contributed by atoms with Gasteiger partial charge in [-0.3, -0.25) is 4.90 Å². The molecule has 1 aliphatic rings. The first-order valence-electron chi connectivity index (χ1n) is 7.77. The summed E-state index contributed by atoms with van der Waals surface area (Å²) in [5.74, 6) is 1.24. The van der Waals surface area contributed by atoms with Crippen LogP contribution >= 0.6 is 0 Å². The number of rotatable bonds is 7. The fourth-order valence-corrected chi connectivity index (χ4v) is 2.30. The first kappa shape index (κ1) is 16.0. The van der Waals surface area contributed by atoms with Gasteiger partial charge in [0.15, 0.2) is 0 Å². The fraction of sp³-hybridized carbons (Fsp3) is 0.733. The second kappa shape index (κ2) is 8.14. The number of hydrogen-bond acceptors (Lipinski definition) is 6. The zero-order valence-corrected chi connectivity index (χ0v) is 13.3. The molecule has 1 aromatic rings. The standard InChI is InChI=1S/C15H26N4O2/c1-4-7-21-14-9-12(3)17-15(18-14)16-10-13-11-19(5-2)6-8-20-13/h9,13H,4-8,10-11H2,1-3H3,(H,16,17,18). The third-order valence-corrected chi connectivity index (χ3v) is 3.44. The van der Waals surface area contributed by atoms with E-state index in [2.05, 4.69) is 34.0 Å². The van der Waals surface area contributed by atoms with Gasteiger partial charge in [-0.15, -0.1) is 0 Å². The van der Waals surface area contributed by atoms with Gasteiger partial charge in [0.05, 0.1) is 19.3 Å². The Morgan fingerprint density at radius 3 is 3.05 bits per heavy atom. The van der Waals surface area contributed by atoms with Crippen molar-refractivity contribution in [3.05, 3.63) is 11.8 Å². The quantitative estimate of drug-likeness (QED) is 0.826. The zero-order valence-electron chi connectivity index (χ0n) is 13.3. The Kier molecular flexibility index (Phi) is 6.20. The molecular weight excluding hydrogens is 268 g/mol. The summed E-state index contributed by atoms with van der Waals surface area (Å²) in [6.45, 7) is 11.4. The smallest absolute Gasteiger partial charge is 0.226 e. The van der Waals surface area contributed by atoms with Crippen LogP contribution in [0.5, 0.6) is 5.88 Å². The highest BCUT2D eigenvalue weighted by atomic mass is 16.5. The van der Waals surface area contributed by atoms with E-state index >= 15 is 0 Å². The lowest BCUT2D eigenvalue weighted by molar-refractivity contribution is -0.0192. The van der Waals surface area contributed by atoms with Crippen molar-refractivity contribution in [1.29, 1.82) is 0 Å².